The molecule has 1 aliphatic rings. The van der Waals surface area contributed by atoms with Gasteiger partial charge in [-0.2, -0.15) is 0 Å². The summed E-state index contributed by atoms with van der Waals surface area (Å²) in [6.07, 6.45) is 0.860. The molecule has 1 fully saturated rings. The molecule has 1 aromatic heterocycles. The largest absolute Gasteiger partial charge is 0.394 e. The molecule has 3 atom stereocenters. The summed E-state index contributed by atoms with van der Waals surface area (Å²) in [5.74, 6) is 0. The Labute approximate surface area is 96.8 Å². The highest BCUT2D eigenvalue weighted by molar-refractivity contribution is 5.02. The SMILES string of the molecule is Cc1cn(C2CC(N)C(CO)O2)c(=O)[nH]c1=O. The molecule has 0 bridgehead atoms. The van der Waals surface area contributed by atoms with Gasteiger partial charge in [-0.1, -0.05) is 0 Å². The van der Waals surface area contributed by atoms with Crippen molar-refractivity contribution in [2.24, 2.45) is 5.73 Å². The molecule has 0 radical (unpaired) electrons. The molecule has 3 unspecified atom stereocenters. The lowest BCUT2D eigenvalue weighted by atomic mass is 10.1. The lowest BCUT2D eigenvalue weighted by molar-refractivity contribution is -0.0271. The van der Waals surface area contributed by atoms with Crippen molar-refractivity contribution in [1.82, 2.24) is 9.55 Å². The maximum absolute atomic E-state index is 11.6. The third-order valence-electron chi connectivity index (χ3n) is 2.92. The van der Waals surface area contributed by atoms with Crippen LogP contribution in [0.3, 0.4) is 0 Å². The van der Waals surface area contributed by atoms with Gasteiger partial charge in [-0.3, -0.25) is 14.3 Å². The molecule has 0 amide bonds. The molecule has 1 aromatic rings. The number of aryl methyl sites for hydroxylation is 1. The first kappa shape index (κ1) is 12.0. The van der Waals surface area contributed by atoms with Crippen molar-refractivity contribution in [3.63, 3.8) is 0 Å². The molecular formula is C10H15N3O4. The van der Waals surface area contributed by atoms with Crippen molar-refractivity contribution in [2.45, 2.75) is 31.7 Å². The van der Waals surface area contributed by atoms with E-state index in [2.05, 4.69) is 4.98 Å². The second-order valence-corrected chi connectivity index (χ2v) is 4.19. The molecule has 17 heavy (non-hydrogen) atoms. The van der Waals surface area contributed by atoms with Crippen molar-refractivity contribution in [3.8, 4) is 0 Å². The Morgan fingerprint density at radius 1 is 1.65 bits per heavy atom. The Morgan fingerprint density at radius 2 is 2.35 bits per heavy atom. The van der Waals surface area contributed by atoms with Crippen LogP contribution in [0.1, 0.15) is 18.2 Å². The van der Waals surface area contributed by atoms with E-state index in [1.807, 2.05) is 0 Å². The number of nitrogens with one attached hydrogen (secondary N) is 1. The first-order valence-electron chi connectivity index (χ1n) is 5.37. The van der Waals surface area contributed by atoms with Crippen LogP contribution in [0.15, 0.2) is 15.8 Å². The summed E-state index contributed by atoms with van der Waals surface area (Å²) in [7, 11) is 0. The molecule has 0 aliphatic carbocycles. The standard InChI is InChI=1S/C10H15N3O4/c1-5-3-13(10(16)12-9(5)15)8-2-6(11)7(4-14)17-8/h3,6-8,14H,2,4,11H2,1H3,(H,12,15,16). The monoisotopic (exact) mass is 241 g/mol. The van der Waals surface area contributed by atoms with Gasteiger partial charge in [-0.05, 0) is 6.92 Å². The van der Waals surface area contributed by atoms with Gasteiger partial charge in [0.25, 0.3) is 5.56 Å². The Bertz CT molecular complexity index is 521. The van der Waals surface area contributed by atoms with Gasteiger partial charge in [0.15, 0.2) is 0 Å². The van der Waals surface area contributed by atoms with E-state index in [1.165, 1.54) is 10.8 Å². The van der Waals surface area contributed by atoms with E-state index in [1.54, 1.807) is 6.92 Å². The Balaban J connectivity index is 2.34. The number of hydrogen-bond donors (Lipinski definition) is 3. The Hall–Kier alpha value is -1.44. The molecule has 0 spiro atoms. The van der Waals surface area contributed by atoms with Gasteiger partial charge >= 0.3 is 5.69 Å². The van der Waals surface area contributed by atoms with Crippen molar-refractivity contribution < 1.29 is 9.84 Å². The van der Waals surface area contributed by atoms with Crippen LogP contribution in [0.4, 0.5) is 0 Å². The Kier molecular flexibility index (Phi) is 3.14. The average Bonchev–Trinajstić information content (AvgIpc) is 2.65. The molecule has 2 heterocycles. The number of aliphatic hydroxyl groups excluding tert-OH is 1. The van der Waals surface area contributed by atoms with E-state index >= 15 is 0 Å². The summed E-state index contributed by atoms with van der Waals surface area (Å²) in [4.78, 5) is 25.0. The van der Waals surface area contributed by atoms with Crippen molar-refractivity contribution in [1.29, 1.82) is 0 Å². The number of aromatic nitrogens is 2. The van der Waals surface area contributed by atoms with Gasteiger partial charge in [-0.25, -0.2) is 4.79 Å². The third kappa shape index (κ3) is 2.17. The van der Waals surface area contributed by atoms with Crippen LogP contribution in [-0.2, 0) is 4.74 Å². The second-order valence-electron chi connectivity index (χ2n) is 4.19. The highest BCUT2D eigenvalue weighted by atomic mass is 16.5. The fourth-order valence-corrected chi connectivity index (χ4v) is 1.90. The van der Waals surface area contributed by atoms with E-state index in [9.17, 15) is 9.59 Å². The quantitative estimate of drug-likeness (QED) is 0.580. The van der Waals surface area contributed by atoms with E-state index < -0.39 is 23.6 Å². The molecule has 0 saturated carbocycles. The summed E-state index contributed by atoms with van der Waals surface area (Å²) in [6, 6.07) is -0.316. The smallest absolute Gasteiger partial charge is 0.330 e. The van der Waals surface area contributed by atoms with Crippen molar-refractivity contribution >= 4 is 0 Å². The number of H-pyrrole nitrogens is 1. The van der Waals surface area contributed by atoms with Crippen LogP contribution in [0, 0.1) is 6.92 Å². The maximum Gasteiger partial charge on any atom is 0.330 e. The molecule has 0 aromatic carbocycles. The fraction of sp³-hybridized carbons (Fsp3) is 0.600. The number of nitrogens with two attached hydrogens (primary N) is 1. The minimum Gasteiger partial charge on any atom is -0.394 e. The Morgan fingerprint density at radius 3 is 2.94 bits per heavy atom. The van der Waals surface area contributed by atoms with Gasteiger partial charge < -0.3 is 15.6 Å². The van der Waals surface area contributed by atoms with Gasteiger partial charge in [0.1, 0.15) is 6.23 Å². The molecular weight excluding hydrogens is 226 g/mol. The zero-order chi connectivity index (χ0) is 12.6. The normalized spacial score (nSPS) is 28.5. The van der Waals surface area contributed by atoms with Gasteiger partial charge in [0, 0.05) is 24.2 Å². The number of hydrogen-bond acceptors (Lipinski definition) is 5. The molecule has 94 valence electrons. The van der Waals surface area contributed by atoms with Crippen LogP contribution in [-0.4, -0.2) is 33.4 Å². The van der Waals surface area contributed by atoms with Crippen molar-refractivity contribution in [3.05, 3.63) is 32.6 Å². The summed E-state index contributed by atoms with van der Waals surface area (Å²) >= 11 is 0. The second kappa shape index (κ2) is 4.44. The van der Waals surface area contributed by atoms with E-state index in [0.717, 1.165) is 0 Å². The maximum atomic E-state index is 11.6. The lowest BCUT2D eigenvalue weighted by Crippen LogP contribution is -2.33. The first-order valence-corrected chi connectivity index (χ1v) is 5.37. The lowest BCUT2D eigenvalue weighted by Gasteiger charge is -2.14. The number of ether oxygens (including phenoxy) is 1. The topological polar surface area (TPSA) is 110 Å². The first-order chi connectivity index (χ1) is 8.02. The van der Waals surface area contributed by atoms with Crippen LogP contribution < -0.4 is 17.0 Å². The highest BCUT2D eigenvalue weighted by Crippen LogP contribution is 2.25. The minimum absolute atomic E-state index is 0.186. The van der Waals surface area contributed by atoms with E-state index in [-0.39, 0.29) is 12.6 Å². The summed E-state index contributed by atoms with van der Waals surface area (Å²) in [5, 5.41) is 9.02. The molecule has 4 N–H and O–H groups in total. The zero-order valence-corrected chi connectivity index (χ0v) is 9.42. The molecule has 1 aliphatic heterocycles. The number of aliphatic hydroxyl groups is 1. The van der Waals surface area contributed by atoms with Crippen LogP contribution in [0.2, 0.25) is 0 Å². The predicted molar refractivity (Wildman–Crippen MR) is 59.6 cm³/mol. The molecule has 7 heteroatoms. The molecule has 7 nitrogen and oxygen atoms in total. The fourth-order valence-electron chi connectivity index (χ4n) is 1.90. The van der Waals surface area contributed by atoms with E-state index in [0.29, 0.717) is 12.0 Å². The van der Waals surface area contributed by atoms with Gasteiger partial charge in [0.2, 0.25) is 0 Å². The number of nitrogens with zero attached hydrogens (tertiary/aromatic N) is 1. The summed E-state index contributed by atoms with van der Waals surface area (Å²) in [5.41, 5.74) is 5.25. The van der Waals surface area contributed by atoms with Crippen LogP contribution >= 0.6 is 0 Å². The van der Waals surface area contributed by atoms with Gasteiger partial charge in [0.05, 0.1) is 12.7 Å². The zero-order valence-electron chi connectivity index (χ0n) is 9.42. The van der Waals surface area contributed by atoms with Crippen molar-refractivity contribution in [2.75, 3.05) is 6.61 Å². The summed E-state index contributed by atoms with van der Waals surface area (Å²) < 4.78 is 6.75. The van der Waals surface area contributed by atoms with E-state index in [4.69, 9.17) is 15.6 Å². The number of aromatic amines is 1. The summed E-state index contributed by atoms with van der Waals surface area (Å²) in [6.45, 7) is 1.42. The van der Waals surface area contributed by atoms with Crippen LogP contribution in [0.25, 0.3) is 0 Å². The average molecular weight is 241 g/mol. The van der Waals surface area contributed by atoms with Gasteiger partial charge in [-0.15, -0.1) is 0 Å². The number of rotatable bonds is 2. The minimum atomic E-state index is -0.537. The molecule has 1 saturated heterocycles. The highest BCUT2D eigenvalue weighted by Gasteiger charge is 2.33. The van der Waals surface area contributed by atoms with Crippen LogP contribution in [0.5, 0.6) is 0 Å². The predicted octanol–water partition coefficient (Wildman–Crippen LogP) is -1.55. The molecule has 2 rings (SSSR count). The third-order valence-corrected chi connectivity index (χ3v) is 2.92.